The first-order valence-corrected chi connectivity index (χ1v) is 4.45. The molecular formula is C9H6BrNO2. The van der Waals surface area contributed by atoms with Gasteiger partial charge in [-0.1, -0.05) is 15.9 Å². The number of halogens is 1. The Labute approximate surface area is 83.2 Å². The molecule has 0 aliphatic heterocycles. The van der Waals surface area contributed by atoms with Crippen LogP contribution in [0.4, 0.5) is 0 Å². The van der Waals surface area contributed by atoms with Gasteiger partial charge in [-0.05, 0) is 18.2 Å². The number of benzene rings is 1. The molecular weight excluding hydrogens is 234 g/mol. The Morgan fingerprint density at radius 3 is 2.92 bits per heavy atom. The molecule has 0 amide bonds. The number of rotatable bonds is 1. The smallest absolute Gasteiger partial charge is 0.229 e. The standard InChI is InChI=1S/C9H6BrNO2/c10-6-1-2-8(12)7(5-6)9-11-3-4-13-9/h1-5,12H. The largest absolute Gasteiger partial charge is 0.507 e. The Morgan fingerprint density at radius 1 is 1.38 bits per heavy atom. The summed E-state index contributed by atoms with van der Waals surface area (Å²) >= 11 is 3.30. The second-order valence-corrected chi connectivity index (χ2v) is 3.41. The first-order chi connectivity index (χ1) is 6.27. The van der Waals surface area contributed by atoms with Crippen molar-refractivity contribution in [2.45, 2.75) is 0 Å². The van der Waals surface area contributed by atoms with Gasteiger partial charge in [-0.3, -0.25) is 0 Å². The number of aromatic nitrogens is 1. The first kappa shape index (κ1) is 8.31. The van der Waals surface area contributed by atoms with Gasteiger partial charge in [0.15, 0.2) is 0 Å². The summed E-state index contributed by atoms with van der Waals surface area (Å²) in [6, 6.07) is 5.09. The molecule has 1 N–H and O–H groups in total. The van der Waals surface area contributed by atoms with Crippen LogP contribution in [0.2, 0.25) is 0 Å². The van der Waals surface area contributed by atoms with Crippen LogP contribution >= 0.6 is 15.9 Å². The van der Waals surface area contributed by atoms with E-state index in [0.29, 0.717) is 11.5 Å². The van der Waals surface area contributed by atoms with E-state index in [2.05, 4.69) is 20.9 Å². The van der Waals surface area contributed by atoms with Crippen LogP contribution in [0.3, 0.4) is 0 Å². The zero-order valence-electron chi connectivity index (χ0n) is 6.57. The second kappa shape index (κ2) is 3.22. The fourth-order valence-corrected chi connectivity index (χ4v) is 1.40. The van der Waals surface area contributed by atoms with Gasteiger partial charge in [-0.2, -0.15) is 0 Å². The molecule has 2 aromatic rings. The van der Waals surface area contributed by atoms with E-state index in [1.54, 1.807) is 18.2 Å². The summed E-state index contributed by atoms with van der Waals surface area (Å²) in [6.07, 6.45) is 3.01. The van der Waals surface area contributed by atoms with Crippen LogP contribution in [0.25, 0.3) is 11.5 Å². The molecule has 0 saturated carbocycles. The summed E-state index contributed by atoms with van der Waals surface area (Å²) in [6.45, 7) is 0. The summed E-state index contributed by atoms with van der Waals surface area (Å²) in [7, 11) is 0. The maximum atomic E-state index is 9.49. The molecule has 1 aromatic heterocycles. The van der Waals surface area contributed by atoms with Crippen LogP contribution in [0.5, 0.6) is 5.75 Å². The van der Waals surface area contributed by atoms with Gasteiger partial charge in [0, 0.05) is 4.47 Å². The van der Waals surface area contributed by atoms with E-state index >= 15 is 0 Å². The molecule has 4 heteroatoms. The molecule has 2 rings (SSSR count). The van der Waals surface area contributed by atoms with Gasteiger partial charge in [0.05, 0.1) is 11.8 Å². The minimum Gasteiger partial charge on any atom is -0.507 e. The fraction of sp³-hybridized carbons (Fsp3) is 0. The molecule has 66 valence electrons. The molecule has 3 nitrogen and oxygen atoms in total. The normalized spacial score (nSPS) is 10.2. The molecule has 13 heavy (non-hydrogen) atoms. The lowest BCUT2D eigenvalue weighted by Gasteiger charge is -1.99. The first-order valence-electron chi connectivity index (χ1n) is 3.66. The van der Waals surface area contributed by atoms with Gasteiger partial charge >= 0.3 is 0 Å². The Hall–Kier alpha value is -1.29. The van der Waals surface area contributed by atoms with Gasteiger partial charge in [0.2, 0.25) is 5.89 Å². The summed E-state index contributed by atoms with van der Waals surface area (Å²) in [5, 5.41) is 9.49. The van der Waals surface area contributed by atoms with E-state index in [9.17, 15) is 5.11 Å². The van der Waals surface area contributed by atoms with Crippen molar-refractivity contribution in [1.82, 2.24) is 4.98 Å². The van der Waals surface area contributed by atoms with Crippen LogP contribution in [-0.2, 0) is 0 Å². The molecule has 0 aliphatic rings. The third-order valence-corrected chi connectivity index (χ3v) is 2.11. The van der Waals surface area contributed by atoms with Crippen molar-refractivity contribution < 1.29 is 9.52 Å². The maximum absolute atomic E-state index is 9.49. The monoisotopic (exact) mass is 239 g/mol. The van der Waals surface area contributed by atoms with Crippen LogP contribution < -0.4 is 0 Å². The zero-order chi connectivity index (χ0) is 9.26. The summed E-state index contributed by atoms with van der Waals surface area (Å²) < 4.78 is 5.94. The fourth-order valence-electron chi connectivity index (χ4n) is 1.04. The topological polar surface area (TPSA) is 46.3 Å². The molecule has 0 bridgehead atoms. The molecule has 0 aliphatic carbocycles. The van der Waals surface area contributed by atoms with Gasteiger partial charge in [-0.15, -0.1) is 0 Å². The predicted octanol–water partition coefficient (Wildman–Crippen LogP) is 2.81. The average molecular weight is 240 g/mol. The lowest BCUT2D eigenvalue weighted by molar-refractivity contribution is 0.472. The second-order valence-electron chi connectivity index (χ2n) is 2.50. The Kier molecular flexibility index (Phi) is 2.06. The number of nitrogens with zero attached hydrogens (tertiary/aromatic N) is 1. The van der Waals surface area contributed by atoms with Gasteiger partial charge in [0.1, 0.15) is 12.0 Å². The number of hydrogen-bond acceptors (Lipinski definition) is 3. The number of aromatic hydroxyl groups is 1. The highest BCUT2D eigenvalue weighted by Gasteiger charge is 2.08. The van der Waals surface area contributed by atoms with E-state index in [0.717, 1.165) is 4.47 Å². The maximum Gasteiger partial charge on any atom is 0.229 e. The van der Waals surface area contributed by atoms with Crippen molar-refractivity contribution in [2.24, 2.45) is 0 Å². The van der Waals surface area contributed by atoms with Crippen LogP contribution in [-0.4, -0.2) is 10.1 Å². The number of phenolic OH excluding ortho intramolecular Hbond substituents is 1. The van der Waals surface area contributed by atoms with Crippen LogP contribution in [0, 0.1) is 0 Å². The van der Waals surface area contributed by atoms with E-state index in [-0.39, 0.29) is 5.75 Å². The summed E-state index contributed by atoms with van der Waals surface area (Å²) in [5.74, 6) is 0.574. The average Bonchev–Trinajstić information content (AvgIpc) is 2.61. The predicted molar refractivity (Wildman–Crippen MR) is 51.3 cm³/mol. The van der Waals surface area contributed by atoms with Crippen molar-refractivity contribution in [2.75, 3.05) is 0 Å². The summed E-state index contributed by atoms with van der Waals surface area (Å²) in [5.41, 5.74) is 0.583. The minimum absolute atomic E-state index is 0.158. The van der Waals surface area contributed by atoms with Gasteiger partial charge < -0.3 is 9.52 Å². The minimum atomic E-state index is 0.158. The molecule has 1 aromatic carbocycles. The number of hydrogen-bond donors (Lipinski definition) is 1. The number of phenols is 1. The van der Waals surface area contributed by atoms with Crippen molar-refractivity contribution in [3.8, 4) is 17.2 Å². The highest BCUT2D eigenvalue weighted by molar-refractivity contribution is 9.10. The SMILES string of the molecule is Oc1ccc(Br)cc1-c1ncco1. The van der Waals surface area contributed by atoms with E-state index < -0.39 is 0 Å². The molecule has 0 spiro atoms. The lowest BCUT2D eigenvalue weighted by atomic mass is 10.2. The van der Waals surface area contributed by atoms with Crippen molar-refractivity contribution in [3.63, 3.8) is 0 Å². The molecule has 0 unspecified atom stereocenters. The van der Waals surface area contributed by atoms with E-state index in [1.165, 1.54) is 12.5 Å². The van der Waals surface area contributed by atoms with E-state index in [4.69, 9.17) is 4.42 Å². The zero-order valence-corrected chi connectivity index (χ0v) is 8.15. The van der Waals surface area contributed by atoms with Crippen molar-refractivity contribution in [3.05, 3.63) is 35.1 Å². The van der Waals surface area contributed by atoms with Crippen molar-refractivity contribution >= 4 is 15.9 Å². The molecule has 0 fully saturated rings. The van der Waals surface area contributed by atoms with Crippen molar-refractivity contribution in [1.29, 1.82) is 0 Å². The highest BCUT2D eigenvalue weighted by Crippen LogP contribution is 2.30. The molecule has 0 radical (unpaired) electrons. The number of oxazole rings is 1. The summed E-state index contributed by atoms with van der Waals surface area (Å²) in [4.78, 5) is 3.94. The molecule has 1 heterocycles. The Bertz CT molecular complexity index is 412. The van der Waals surface area contributed by atoms with Crippen LogP contribution in [0.15, 0.2) is 39.5 Å². The van der Waals surface area contributed by atoms with E-state index in [1.807, 2.05) is 0 Å². The quantitative estimate of drug-likeness (QED) is 0.833. The lowest BCUT2D eigenvalue weighted by Crippen LogP contribution is -1.78. The van der Waals surface area contributed by atoms with Crippen LogP contribution in [0.1, 0.15) is 0 Å². The van der Waals surface area contributed by atoms with Gasteiger partial charge in [-0.25, -0.2) is 4.98 Å². The highest BCUT2D eigenvalue weighted by atomic mass is 79.9. The van der Waals surface area contributed by atoms with Gasteiger partial charge in [0.25, 0.3) is 0 Å². The Morgan fingerprint density at radius 2 is 2.23 bits per heavy atom. The Balaban J connectivity index is 2.57. The third kappa shape index (κ3) is 1.58. The molecule has 0 saturated heterocycles. The molecule has 0 atom stereocenters. The third-order valence-electron chi connectivity index (χ3n) is 1.62.